The summed E-state index contributed by atoms with van der Waals surface area (Å²) in [5, 5.41) is 0.657. The molecule has 1 fully saturated rings. The topological polar surface area (TPSA) is 95.1 Å². The average Bonchev–Trinajstić information content (AvgIpc) is 2.69. The first-order chi connectivity index (χ1) is 13.0. The normalized spacial score (nSPS) is 14.6. The van der Waals surface area contributed by atoms with Crippen molar-refractivity contribution in [3.8, 4) is 0 Å². The molecule has 1 aromatic carbocycles. The second-order valence-corrected chi connectivity index (χ2v) is 6.64. The number of carbonyl (C=O) groups is 1. The van der Waals surface area contributed by atoms with E-state index in [2.05, 4.69) is 24.8 Å². The Balaban J connectivity index is 1.56. The molecule has 1 amide bonds. The summed E-state index contributed by atoms with van der Waals surface area (Å²) in [7, 11) is 0. The Bertz CT molecular complexity index is 1070. The molecule has 1 aliphatic heterocycles. The molecule has 3 aromatic rings. The molecule has 8 heteroatoms. The number of aromatic nitrogens is 4. The Kier molecular flexibility index (Phi) is 4.31. The number of H-pyrrole nitrogens is 1. The molecule has 0 unspecified atom stereocenters. The van der Waals surface area contributed by atoms with Crippen LogP contribution in [0.25, 0.3) is 10.9 Å². The van der Waals surface area contributed by atoms with Gasteiger partial charge in [-0.3, -0.25) is 9.78 Å². The van der Waals surface area contributed by atoms with Crippen molar-refractivity contribution < 1.29 is 4.79 Å². The summed E-state index contributed by atoms with van der Waals surface area (Å²) in [6.07, 6.45) is 1.75. The number of fused-ring (bicyclic) bond motifs is 1. The number of carbonyl (C=O) groups excluding carboxylic acids is 1. The first-order valence-corrected chi connectivity index (χ1v) is 8.86. The fourth-order valence-electron chi connectivity index (χ4n) is 3.36. The maximum Gasteiger partial charge on any atom is 0.346 e. The molecule has 27 heavy (non-hydrogen) atoms. The summed E-state index contributed by atoms with van der Waals surface area (Å²) in [5.74, 6) is 0.644. The van der Waals surface area contributed by atoms with Gasteiger partial charge in [-0.2, -0.15) is 4.98 Å². The summed E-state index contributed by atoms with van der Waals surface area (Å²) in [5.41, 5.74) is 2.05. The van der Waals surface area contributed by atoms with Crippen LogP contribution in [0.2, 0.25) is 0 Å². The fraction of sp³-hybridized carbons (Fsp3) is 0.316. The molecule has 0 saturated carbocycles. The summed E-state index contributed by atoms with van der Waals surface area (Å²) < 4.78 is 0. The van der Waals surface area contributed by atoms with Crippen molar-refractivity contribution >= 4 is 22.6 Å². The van der Waals surface area contributed by atoms with E-state index >= 15 is 0 Å². The average molecular weight is 364 g/mol. The van der Waals surface area contributed by atoms with E-state index in [1.54, 1.807) is 23.2 Å². The van der Waals surface area contributed by atoms with Gasteiger partial charge in [0.05, 0.1) is 16.9 Å². The summed E-state index contributed by atoms with van der Waals surface area (Å²) >= 11 is 0. The maximum atomic E-state index is 13.0. The van der Waals surface area contributed by atoms with E-state index in [1.165, 1.54) is 0 Å². The van der Waals surface area contributed by atoms with Crippen LogP contribution in [0.5, 0.6) is 0 Å². The van der Waals surface area contributed by atoms with Crippen LogP contribution in [0.1, 0.15) is 21.9 Å². The van der Waals surface area contributed by atoms with Gasteiger partial charge in [-0.1, -0.05) is 18.2 Å². The summed E-state index contributed by atoms with van der Waals surface area (Å²) in [4.78, 5) is 44.3. The second kappa shape index (κ2) is 6.79. The van der Waals surface area contributed by atoms with Gasteiger partial charge in [-0.25, -0.2) is 9.78 Å². The van der Waals surface area contributed by atoms with Crippen LogP contribution < -0.4 is 10.6 Å². The predicted molar refractivity (Wildman–Crippen MR) is 102 cm³/mol. The van der Waals surface area contributed by atoms with Gasteiger partial charge >= 0.3 is 5.69 Å². The monoisotopic (exact) mass is 364 g/mol. The molecule has 1 N–H and O–H groups in total. The van der Waals surface area contributed by atoms with Crippen molar-refractivity contribution in [2.24, 2.45) is 0 Å². The third-order valence-corrected chi connectivity index (χ3v) is 4.76. The molecule has 2 aromatic heterocycles. The van der Waals surface area contributed by atoms with Crippen LogP contribution >= 0.6 is 0 Å². The lowest BCUT2D eigenvalue weighted by atomic mass is 10.1. The Hall–Kier alpha value is -3.29. The molecule has 1 aliphatic rings. The number of hydrogen-bond acceptors (Lipinski definition) is 6. The van der Waals surface area contributed by atoms with Crippen molar-refractivity contribution in [1.29, 1.82) is 0 Å². The van der Waals surface area contributed by atoms with Gasteiger partial charge in [0.2, 0.25) is 0 Å². The SMILES string of the molecule is Cc1cnc(C)c(N2CCN(C(=O)c3nc(=O)[nH]c4ccccc34)CC2)n1. The van der Waals surface area contributed by atoms with Crippen molar-refractivity contribution in [3.63, 3.8) is 0 Å². The number of rotatable bonds is 2. The van der Waals surface area contributed by atoms with E-state index in [9.17, 15) is 9.59 Å². The molecule has 0 bridgehead atoms. The number of hydrogen-bond donors (Lipinski definition) is 1. The number of aryl methyl sites for hydroxylation is 2. The number of anilines is 1. The van der Waals surface area contributed by atoms with E-state index in [-0.39, 0.29) is 11.6 Å². The molecule has 0 atom stereocenters. The minimum absolute atomic E-state index is 0.203. The van der Waals surface area contributed by atoms with Crippen LogP contribution in [-0.2, 0) is 0 Å². The van der Waals surface area contributed by atoms with E-state index in [4.69, 9.17) is 0 Å². The zero-order chi connectivity index (χ0) is 19.0. The van der Waals surface area contributed by atoms with Gasteiger partial charge in [-0.15, -0.1) is 0 Å². The van der Waals surface area contributed by atoms with Crippen molar-refractivity contribution in [2.45, 2.75) is 13.8 Å². The lowest BCUT2D eigenvalue weighted by Crippen LogP contribution is -2.49. The zero-order valence-corrected chi connectivity index (χ0v) is 15.3. The quantitative estimate of drug-likeness (QED) is 0.736. The Morgan fingerprint density at radius 3 is 2.59 bits per heavy atom. The number of aromatic amines is 1. The highest BCUT2D eigenvalue weighted by atomic mass is 16.2. The van der Waals surface area contributed by atoms with E-state index < -0.39 is 5.69 Å². The Labute approximate surface area is 155 Å². The van der Waals surface area contributed by atoms with Crippen LogP contribution in [0.15, 0.2) is 35.3 Å². The first kappa shape index (κ1) is 17.1. The van der Waals surface area contributed by atoms with Crippen LogP contribution in [-0.4, -0.2) is 56.9 Å². The lowest BCUT2D eigenvalue weighted by molar-refractivity contribution is 0.0742. The van der Waals surface area contributed by atoms with Crippen LogP contribution in [0.3, 0.4) is 0 Å². The van der Waals surface area contributed by atoms with E-state index in [1.807, 2.05) is 26.0 Å². The minimum atomic E-state index is -0.513. The van der Waals surface area contributed by atoms with Gasteiger partial charge in [0.1, 0.15) is 11.5 Å². The van der Waals surface area contributed by atoms with Crippen molar-refractivity contribution in [3.05, 3.63) is 58.0 Å². The molecule has 0 aliphatic carbocycles. The zero-order valence-electron chi connectivity index (χ0n) is 15.3. The Morgan fingerprint density at radius 2 is 1.81 bits per heavy atom. The maximum absolute atomic E-state index is 13.0. The fourth-order valence-corrected chi connectivity index (χ4v) is 3.36. The summed E-state index contributed by atoms with van der Waals surface area (Å²) in [6.45, 7) is 6.25. The van der Waals surface area contributed by atoms with Gasteiger partial charge in [0.15, 0.2) is 0 Å². The lowest BCUT2D eigenvalue weighted by Gasteiger charge is -2.35. The Morgan fingerprint density at radius 1 is 1.07 bits per heavy atom. The predicted octanol–water partition coefficient (Wildman–Crippen LogP) is 1.29. The molecule has 1 saturated heterocycles. The number of nitrogens with zero attached hydrogens (tertiary/aromatic N) is 5. The van der Waals surface area contributed by atoms with Gasteiger partial charge in [-0.05, 0) is 19.9 Å². The second-order valence-electron chi connectivity index (χ2n) is 6.64. The molecule has 4 rings (SSSR count). The van der Waals surface area contributed by atoms with Gasteiger partial charge < -0.3 is 14.8 Å². The number of nitrogens with one attached hydrogen (secondary N) is 1. The molecular formula is C19H20N6O2. The third kappa shape index (κ3) is 3.25. The standard InChI is InChI=1S/C19H20N6O2/c1-12-11-20-13(2)17(21-12)24-7-9-25(10-8-24)18(26)16-14-5-3-4-6-15(14)22-19(27)23-16/h3-6,11H,7-10H2,1-2H3,(H,22,23,27). The molecule has 0 spiro atoms. The van der Waals surface area contributed by atoms with E-state index in [0.29, 0.717) is 37.1 Å². The highest BCUT2D eigenvalue weighted by molar-refractivity contribution is 6.04. The van der Waals surface area contributed by atoms with Gasteiger partial charge in [0.25, 0.3) is 5.91 Å². The molecular weight excluding hydrogens is 344 g/mol. The molecule has 3 heterocycles. The molecule has 138 valence electrons. The smallest absolute Gasteiger partial charge is 0.346 e. The van der Waals surface area contributed by atoms with Crippen LogP contribution in [0, 0.1) is 13.8 Å². The number of benzene rings is 1. The van der Waals surface area contributed by atoms with Crippen LogP contribution in [0.4, 0.5) is 5.82 Å². The molecule has 0 radical (unpaired) electrons. The first-order valence-electron chi connectivity index (χ1n) is 8.86. The number of para-hydroxylation sites is 1. The summed E-state index contributed by atoms with van der Waals surface area (Å²) in [6, 6.07) is 7.21. The number of amides is 1. The highest BCUT2D eigenvalue weighted by Gasteiger charge is 2.26. The van der Waals surface area contributed by atoms with Crippen molar-refractivity contribution in [2.75, 3.05) is 31.1 Å². The minimum Gasteiger partial charge on any atom is -0.352 e. The largest absolute Gasteiger partial charge is 0.352 e. The van der Waals surface area contributed by atoms with E-state index in [0.717, 1.165) is 17.2 Å². The number of piperazine rings is 1. The highest BCUT2D eigenvalue weighted by Crippen LogP contribution is 2.19. The molecule has 8 nitrogen and oxygen atoms in total. The van der Waals surface area contributed by atoms with Gasteiger partial charge in [0, 0.05) is 37.8 Å². The van der Waals surface area contributed by atoms with Crippen molar-refractivity contribution in [1.82, 2.24) is 24.8 Å². The third-order valence-electron chi connectivity index (χ3n) is 4.76.